The van der Waals surface area contributed by atoms with Gasteiger partial charge in [-0.1, -0.05) is 60.7 Å². The minimum Gasteiger partial charge on any atom is -0.469 e. The van der Waals surface area contributed by atoms with Crippen LogP contribution < -0.4 is 0 Å². The Hall–Kier alpha value is -2.62. The molecule has 2 aromatic rings. The van der Waals surface area contributed by atoms with Crippen molar-refractivity contribution in [3.05, 3.63) is 71.8 Å². The molecular formula is C20H22O4. The van der Waals surface area contributed by atoms with Gasteiger partial charge in [-0.05, 0) is 11.1 Å². The van der Waals surface area contributed by atoms with Gasteiger partial charge in [0.05, 0.1) is 27.1 Å². The number of methoxy groups -OCH3 is 2. The van der Waals surface area contributed by atoms with Gasteiger partial charge < -0.3 is 9.47 Å². The molecule has 0 spiro atoms. The first-order chi connectivity index (χ1) is 11.7. The van der Waals surface area contributed by atoms with Crippen molar-refractivity contribution in [3.63, 3.8) is 0 Å². The molecule has 2 rings (SSSR count). The number of esters is 2. The van der Waals surface area contributed by atoms with Crippen molar-refractivity contribution in [2.24, 2.45) is 0 Å². The number of benzene rings is 2. The second-order valence-corrected chi connectivity index (χ2v) is 5.59. The summed E-state index contributed by atoms with van der Waals surface area (Å²) in [5.41, 5.74) is 2.00. The van der Waals surface area contributed by atoms with Crippen molar-refractivity contribution < 1.29 is 19.1 Å². The first-order valence-electron chi connectivity index (χ1n) is 7.89. The number of rotatable bonds is 7. The second-order valence-electron chi connectivity index (χ2n) is 5.59. The van der Waals surface area contributed by atoms with Crippen molar-refractivity contribution in [2.45, 2.75) is 24.7 Å². The van der Waals surface area contributed by atoms with E-state index >= 15 is 0 Å². The van der Waals surface area contributed by atoms with E-state index in [4.69, 9.17) is 9.47 Å². The van der Waals surface area contributed by atoms with Crippen LogP contribution in [0.15, 0.2) is 60.7 Å². The second kappa shape index (κ2) is 8.87. The minimum absolute atomic E-state index is 0.167. The molecule has 0 aliphatic rings. The molecule has 126 valence electrons. The Morgan fingerprint density at radius 1 is 0.708 bits per heavy atom. The van der Waals surface area contributed by atoms with Crippen LogP contribution in [-0.4, -0.2) is 26.2 Å². The van der Waals surface area contributed by atoms with Crippen LogP contribution in [0.5, 0.6) is 0 Å². The molecule has 4 nitrogen and oxygen atoms in total. The van der Waals surface area contributed by atoms with Crippen LogP contribution in [0.4, 0.5) is 0 Å². The summed E-state index contributed by atoms with van der Waals surface area (Å²) in [6.07, 6.45) is 0.411. The zero-order valence-corrected chi connectivity index (χ0v) is 14.0. The van der Waals surface area contributed by atoms with E-state index in [-0.39, 0.29) is 36.6 Å². The van der Waals surface area contributed by atoms with Crippen LogP contribution in [0.25, 0.3) is 0 Å². The molecule has 0 saturated heterocycles. The number of carbonyl (C=O) groups excluding carboxylic acids is 2. The van der Waals surface area contributed by atoms with Gasteiger partial charge in [-0.15, -0.1) is 0 Å². The summed E-state index contributed by atoms with van der Waals surface area (Å²) in [6, 6.07) is 19.5. The Labute approximate surface area is 142 Å². The third-order valence-corrected chi connectivity index (χ3v) is 4.17. The highest BCUT2D eigenvalue weighted by molar-refractivity contribution is 5.73. The first kappa shape index (κ1) is 17.7. The van der Waals surface area contributed by atoms with E-state index in [9.17, 15) is 9.59 Å². The largest absolute Gasteiger partial charge is 0.469 e. The number of hydrogen-bond acceptors (Lipinski definition) is 4. The zero-order valence-electron chi connectivity index (χ0n) is 14.0. The highest BCUT2D eigenvalue weighted by Crippen LogP contribution is 2.38. The standard InChI is InChI=1S/C20H22O4/c1-23-19(21)13-17(15-9-5-3-6-10-15)18(14-20(22)24-2)16-11-7-4-8-12-16/h3-12,17-18H,13-14H2,1-2H3. The fraction of sp³-hybridized carbons (Fsp3) is 0.300. The van der Waals surface area contributed by atoms with E-state index in [0.29, 0.717) is 0 Å². The molecule has 0 bridgehead atoms. The molecule has 0 aliphatic heterocycles. The maximum absolute atomic E-state index is 11.9. The van der Waals surface area contributed by atoms with E-state index < -0.39 is 0 Å². The molecule has 24 heavy (non-hydrogen) atoms. The molecule has 0 saturated carbocycles. The summed E-state index contributed by atoms with van der Waals surface area (Å²) >= 11 is 0. The summed E-state index contributed by atoms with van der Waals surface area (Å²) in [5, 5.41) is 0. The SMILES string of the molecule is COC(=O)CC(c1ccccc1)C(CC(=O)OC)c1ccccc1. The number of hydrogen-bond donors (Lipinski definition) is 0. The van der Waals surface area contributed by atoms with Gasteiger partial charge in [-0.3, -0.25) is 9.59 Å². The third-order valence-electron chi connectivity index (χ3n) is 4.17. The summed E-state index contributed by atoms with van der Waals surface area (Å²) in [7, 11) is 2.75. The van der Waals surface area contributed by atoms with Gasteiger partial charge in [-0.25, -0.2) is 0 Å². The number of ether oxygens (including phenoxy) is 2. The molecule has 4 heteroatoms. The van der Waals surface area contributed by atoms with Gasteiger partial charge in [0, 0.05) is 11.8 Å². The molecule has 0 fully saturated rings. The van der Waals surface area contributed by atoms with Gasteiger partial charge in [0.25, 0.3) is 0 Å². The fourth-order valence-corrected chi connectivity index (χ4v) is 2.91. The van der Waals surface area contributed by atoms with Crippen LogP contribution >= 0.6 is 0 Å². The lowest BCUT2D eigenvalue weighted by molar-refractivity contribution is -0.143. The third kappa shape index (κ3) is 4.69. The average Bonchev–Trinajstić information content (AvgIpc) is 2.65. The highest BCUT2D eigenvalue weighted by Gasteiger charge is 2.29. The van der Waals surface area contributed by atoms with Crippen LogP contribution in [-0.2, 0) is 19.1 Å². The predicted molar refractivity (Wildman–Crippen MR) is 91.6 cm³/mol. The quantitative estimate of drug-likeness (QED) is 0.728. The maximum Gasteiger partial charge on any atom is 0.306 e. The molecule has 2 unspecified atom stereocenters. The first-order valence-corrected chi connectivity index (χ1v) is 7.89. The Kier molecular flexibility index (Phi) is 6.55. The lowest BCUT2D eigenvalue weighted by atomic mass is 9.77. The van der Waals surface area contributed by atoms with Crippen LogP contribution in [0.2, 0.25) is 0 Å². The Morgan fingerprint density at radius 3 is 1.33 bits per heavy atom. The van der Waals surface area contributed by atoms with Crippen molar-refractivity contribution >= 4 is 11.9 Å². The molecule has 0 aromatic heterocycles. The van der Waals surface area contributed by atoms with E-state index in [0.717, 1.165) is 11.1 Å². The number of carbonyl (C=O) groups is 2. The average molecular weight is 326 g/mol. The Bertz CT molecular complexity index is 592. The van der Waals surface area contributed by atoms with Crippen molar-refractivity contribution in [2.75, 3.05) is 14.2 Å². The zero-order chi connectivity index (χ0) is 17.4. The molecule has 0 heterocycles. The van der Waals surface area contributed by atoms with Gasteiger partial charge in [0.1, 0.15) is 0 Å². The van der Waals surface area contributed by atoms with Crippen LogP contribution in [0.3, 0.4) is 0 Å². The van der Waals surface area contributed by atoms with E-state index in [1.54, 1.807) is 0 Å². The van der Waals surface area contributed by atoms with E-state index in [1.807, 2.05) is 60.7 Å². The fourth-order valence-electron chi connectivity index (χ4n) is 2.91. The summed E-state index contributed by atoms with van der Waals surface area (Å²) in [5.74, 6) is -0.926. The van der Waals surface area contributed by atoms with Gasteiger partial charge >= 0.3 is 11.9 Å². The van der Waals surface area contributed by atoms with Crippen molar-refractivity contribution in [3.8, 4) is 0 Å². The van der Waals surface area contributed by atoms with E-state index in [1.165, 1.54) is 14.2 Å². The Balaban J connectivity index is 2.42. The van der Waals surface area contributed by atoms with Gasteiger partial charge in [0.2, 0.25) is 0 Å². The van der Waals surface area contributed by atoms with Gasteiger partial charge in [0.15, 0.2) is 0 Å². The molecule has 2 atom stereocenters. The van der Waals surface area contributed by atoms with Crippen molar-refractivity contribution in [1.29, 1.82) is 0 Å². The molecule has 0 aliphatic carbocycles. The molecule has 0 radical (unpaired) electrons. The predicted octanol–water partition coefficient (Wildman–Crippen LogP) is 3.68. The maximum atomic E-state index is 11.9. The van der Waals surface area contributed by atoms with Crippen molar-refractivity contribution in [1.82, 2.24) is 0 Å². The van der Waals surface area contributed by atoms with Crippen LogP contribution in [0.1, 0.15) is 35.8 Å². The monoisotopic (exact) mass is 326 g/mol. The lowest BCUT2D eigenvalue weighted by Gasteiger charge is -2.26. The molecule has 2 aromatic carbocycles. The summed E-state index contributed by atoms with van der Waals surface area (Å²) in [4.78, 5) is 23.9. The van der Waals surface area contributed by atoms with E-state index in [2.05, 4.69) is 0 Å². The normalized spacial score (nSPS) is 12.9. The molecule has 0 N–H and O–H groups in total. The smallest absolute Gasteiger partial charge is 0.306 e. The van der Waals surface area contributed by atoms with Crippen LogP contribution in [0, 0.1) is 0 Å². The topological polar surface area (TPSA) is 52.6 Å². The summed E-state index contributed by atoms with van der Waals surface area (Å²) in [6.45, 7) is 0. The lowest BCUT2D eigenvalue weighted by Crippen LogP contribution is -2.20. The minimum atomic E-state index is -0.297. The highest BCUT2D eigenvalue weighted by atomic mass is 16.5. The summed E-state index contributed by atoms with van der Waals surface area (Å²) < 4.78 is 9.73. The van der Waals surface area contributed by atoms with Gasteiger partial charge in [-0.2, -0.15) is 0 Å². The molecular weight excluding hydrogens is 304 g/mol. The molecule has 0 amide bonds. The Morgan fingerprint density at radius 2 is 1.04 bits per heavy atom.